The summed E-state index contributed by atoms with van der Waals surface area (Å²) in [4.78, 5) is 11.4. The second-order valence-corrected chi connectivity index (χ2v) is 4.14. The van der Waals surface area contributed by atoms with Gasteiger partial charge in [-0.1, -0.05) is 24.3 Å². The highest BCUT2D eigenvalue weighted by Gasteiger charge is 2.59. The van der Waals surface area contributed by atoms with Crippen LogP contribution >= 0.6 is 0 Å². The zero-order valence-electron chi connectivity index (χ0n) is 8.07. The van der Waals surface area contributed by atoms with E-state index in [0.717, 1.165) is 6.42 Å². The first-order chi connectivity index (χ1) is 6.83. The van der Waals surface area contributed by atoms with Crippen LogP contribution in [-0.4, -0.2) is 13.1 Å². The van der Waals surface area contributed by atoms with Gasteiger partial charge in [0.2, 0.25) is 0 Å². The molecule has 0 unspecified atom stereocenters. The van der Waals surface area contributed by atoms with E-state index in [1.54, 1.807) is 0 Å². The molecule has 1 aromatic carbocycles. The van der Waals surface area contributed by atoms with Crippen LogP contribution in [0, 0.1) is 11.8 Å². The van der Waals surface area contributed by atoms with E-state index < -0.39 is 0 Å². The van der Waals surface area contributed by atoms with Crippen LogP contribution in [0.2, 0.25) is 0 Å². The standard InChI is InChI=1S/C12H12O2/c1-14-12(13)11-9-6-7-4-2-3-5-8(7)10(9)11/h2-5,9-11H,6H2,1H3/t9-,10+,11-/m1/s1. The zero-order valence-corrected chi connectivity index (χ0v) is 8.07. The molecule has 1 fully saturated rings. The number of methoxy groups -OCH3 is 1. The highest BCUT2D eigenvalue weighted by atomic mass is 16.5. The Labute approximate surface area is 82.9 Å². The van der Waals surface area contributed by atoms with E-state index in [4.69, 9.17) is 4.74 Å². The van der Waals surface area contributed by atoms with Gasteiger partial charge in [0.1, 0.15) is 0 Å². The van der Waals surface area contributed by atoms with Crippen molar-refractivity contribution in [3.05, 3.63) is 35.4 Å². The van der Waals surface area contributed by atoms with Crippen molar-refractivity contribution in [3.63, 3.8) is 0 Å². The van der Waals surface area contributed by atoms with Crippen LogP contribution < -0.4 is 0 Å². The average molecular weight is 188 g/mol. The molecule has 0 bridgehead atoms. The maximum Gasteiger partial charge on any atom is 0.309 e. The minimum atomic E-state index is -0.0329. The van der Waals surface area contributed by atoms with Crippen LogP contribution in [0.4, 0.5) is 0 Å². The van der Waals surface area contributed by atoms with Gasteiger partial charge in [-0.05, 0) is 23.5 Å². The number of hydrogen-bond donors (Lipinski definition) is 0. The van der Waals surface area contributed by atoms with Crippen LogP contribution in [0.15, 0.2) is 24.3 Å². The molecular formula is C12H12O2. The molecule has 0 saturated heterocycles. The van der Waals surface area contributed by atoms with Gasteiger partial charge in [0.15, 0.2) is 0 Å². The summed E-state index contributed by atoms with van der Waals surface area (Å²) in [6.45, 7) is 0. The van der Waals surface area contributed by atoms with Crippen LogP contribution in [0.25, 0.3) is 0 Å². The number of carbonyl (C=O) groups is 1. The van der Waals surface area contributed by atoms with Crippen molar-refractivity contribution in [2.75, 3.05) is 7.11 Å². The topological polar surface area (TPSA) is 26.3 Å². The van der Waals surface area contributed by atoms with Crippen LogP contribution in [0.5, 0.6) is 0 Å². The molecule has 2 aliphatic rings. The Balaban J connectivity index is 1.91. The maximum absolute atomic E-state index is 11.4. The first-order valence-corrected chi connectivity index (χ1v) is 4.98. The van der Waals surface area contributed by atoms with Gasteiger partial charge in [-0.3, -0.25) is 4.79 Å². The van der Waals surface area contributed by atoms with Gasteiger partial charge in [-0.15, -0.1) is 0 Å². The van der Waals surface area contributed by atoms with Crippen LogP contribution in [-0.2, 0) is 16.0 Å². The molecule has 0 aromatic heterocycles. The molecule has 1 aromatic rings. The fourth-order valence-corrected chi connectivity index (χ4v) is 2.81. The Morgan fingerprint density at radius 1 is 1.43 bits per heavy atom. The third-order valence-corrected chi connectivity index (χ3v) is 3.51. The van der Waals surface area contributed by atoms with E-state index in [1.165, 1.54) is 18.2 Å². The van der Waals surface area contributed by atoms with Gasteiger partial charge in [-0.2, -0.15) is 0 Å². The zero-order chi connectivity index (χ0) is 9.71. The Morgan fingerprint density at radius 2 is 2.21 bits per heavy atom. The lowest BCUT2D eigenvalue weighted by molar-refractivity contribution is -0.142. The van der Waals surface area contributed by atoms with Crippen molar-refractivity contribution in [1.82, 2.24) is 0 Å². The van der Waals surface area contributed by atoms with E-state index in [0.29, 0.717) is 11.8 Å². The van der Waals surface area contributed by atoms with Crippen LogP contribution in [0.1, 0.15) is 17.0 Å². The van der Waals surface area contributed by atoms with Gasteiger partial charge in [0.05, 0.1) is 13.0 Å². The minimum Gasteiger partial charge on any atom is -0.469 e. The van der Waals surface area contributed by atoms with Crippen LogP contribution in [0.3, 0.4) is 0 Å². The first kappa shape index (κ1) is 8.04. The molecule has 0 radical (unpaired) electrons. The van der Waals surface area contributed by atoms with E-state index >= 15 is 0 Å². The van der Waals surface area contributed by atoms with E-state index in [9.17, 15) is 4.79 Å². The number of hydrogen-bond acceptors (Lipinski definition) is 2. The molecule has 2 aliphatic carbocycles. The lowest BCUT2D eigenvalue weighted by atomic mass is 10.0. The molecule has 0 aliphatic heterocycles. The Kier molecular flexibility index (Phi) is 1.49. The van der Waals surface area contributed by atoms with Gasteiger partial charge < -0.3 is 4.74 Å². The average Bonchev–Trinajstić information content (AvgIpc) is 2.81. The molecule has 0 N–H and O–H groups in total. The summed E-state index contributed by atoms with van der Waals surface area (Å²) >= 11 is 0. The number of ether oxygens (including phenoxy) is 1. The Hall–Kier alpha value is -1.31. The van der Waals surface area contributed by atoms with Crippen molar-refractivity contribution in [3.8, 4) is 0 Å². The maximum atomic E-state index is 11.4. The second kappa shape index (κ2) is 2.59. The van der Waals surface area contributed by atoms with E-state index in [-0.39, 0.29) is 11.9 Å². The minimum absolute atomic E-state index is 0.0329. The molecule has 1 saturated carbocycles. The predicted molar refractivity (Wildman–Crippen MR) is 51.9 cm³/mol. The summed E-state index contributed by atoms with van der Waals surface area (Å²) in [5.41, 5.74) is 2.79. The normalized spacial score (nSPS) is 31.9. The number of carbonyl (C=O) groups excluding carboxylic acids is 1. The molecule has 3 rings (SSSR count). The molecule has 3 atom stereocenters. The van der Waals surface area contributed by atoms with E-state index in [1.807, 2.05) is 6.07 Å². The highest BCUT2D eigenvalue weighted by Crippen LogP contribution is 2.61. The van der Waals surface area contributed by atoms with E-state index in [2.05, 4.69) is 18.2 Å². The molecule has 0 heterocycles. The molecular weight excluding hydrogens is 176 g/mol. The lowest BCUT2D eigenvalue weighted by Gasteiger charge is -2.05. The summed E-state index contributed by atoms with van der Waals surface area (Å²) in [6.07, 6.45) is 1.06. The Morgan fingerprint density at radius 3 is 3.00 bits per heavy atom. The van der Waals surface area contributed by atoms with Gasteiger partial charge in [0, 0.05) is 5.92 Å². The number of rotatable bonds is 1. The lowest BCUT2D eigenvalue weighted by Crippen LogP contribution is -2.08. The molecule has 0 amide bonds. The molecule has 72 valence electrons. The smallest absolute Gasteiger partial charge is 0.309 e. The number of benzene rings is 1. The Bertz CT molecular complexity index is 397. The predicted octanol–water partition coefficient (Wildman–Crippen LogP) is 1.75. The molecule has 2 heteroatoms. The number of fused-ring (bicyclic) bond motifs is 3. The van der Waals surface area contributed by atoms with Gasteiger partial charge >= 0.3 is 5.97 Å². The summed E-state index contributed by atoms with van der Waals surface area (Å²) < 4.78 is 4.79. The van der Waals surface area contributed by atoms with Crippen molar-refractivity contribution < 1.29 is 9.53 Å². The first-order valence-electron chi connectivity index (χ1n) is 4.98. The van der Waals surface area contributed by atoms with Gasteiger partial charge in [-0.25, -0.2) is 0 Å². The van der Waals surface area contributed by atoms with Crippen molar-refractivity contribution in [2.24, 2.45) is 11.8 Å². The largest absolute Gasteiger partial charge is 0.469 e. The quantitative estimate of drug-likeness (QED) is 0.627. The summed E-state index contributed by atoms with van der Waals surface area (Å²) in [5.74, 6) is 1.10. The third kappa shape index (κ3) is 0.884. The fraction of sp³-hybridized carbons (Fsp3) is 0.417. The monoisotopic (exact) mass is 188 g/mol. The van der Waals surface area contributed by atoms with Gasteiger partial charge in [0.25, 0.3) is 0 Å². The highest BCUT2D eigenvalue weighted by molar-refractivity contribution is 5.79. The number of esters is 1. The SMILES string of the molecule is COC(=O)[C@@H]1[C@@H]2Cc3ccccc3[C@@H]21. The molecule has 2 nitrogen and oxygen atoms in total. The van der Waals surface area contributed by atoms with Crippen molar-refractivity contribution in [1.29, 1.82) is 0 Å². The molecule has 14 heavy (non-hydrogen) atoms. The third-order valence-electron chi connectivity index (χ3n) is 3.51. The molecule has 0 spiro atoms. The fourth-order valence-electron chi connectivity index (χ4n) is 2.81. The van der Waals surface area contributed by atoms with Crippen molar-refractivity contribution >= 4 is 5.97 Å². The summed E-state index contributed by atoms with van der Waals surface area (Å²) in [7, 11) is 1.47. The summed E-state index contributed by atoms with van der Waals surface area (Å²) in [5, 5.41) is 0. The van der Waals surface area contributed by atoms with Crippen molar-refractivity contribution in [2.45, 2.75) is 12.3 Å². The second-order valence-electron chi connectivity index (χ2n) is 4.14. The summed E-state index contributed by atoms with van der Waals surface area (Å²) in [6, 6.07) is 8.42.